The van der Waals surface area contributed by atoms with E-state index in [1.807, 2.05) is 60.7 Å². The fourth-order valence-electron chi connectivity index (χ4n) is 3.48. The van der Waals surface area contributed by atoms with Crippen molar-refractivity contribution in [3.8, 4) is 0 Å². The molecule has 2 aromatic carbocycles. The second-order valence-electron chi connectivity index (χ2n) is 7.66. The lowest BCUT2D eigenvalue weighted by atomic mass is 9.97. The van der Waals surface area contributed by atoms with Gasteiger partial charge in [0.15, 0.2) is 6.10 Å². The molecule has 0 aromatic heterocycles. The van der Waals surface area contributed by atoms with E-state index in [0.29, 0.717) is 32.5 Å². The number of likely N-dealkylation sites (tertiary alicyclic amines) is 1. The van der Waals surface area contributed by atoms with Gasteiger partial charge >= 0.3 is 12.0 Å². The number of ether oxygens (including phenoxy) is 1. The molecule has 7 nitrogen and oxygen atoms in total. The van der Waals surface area contributed by atoms with E-state index in [9.17, 15) is 14.4 Å². The summed E-state index contributed by atoms with van der Waals surface area (Å²) >= 11 is 0. The maximum absolute atomic E-state index is 12.5. The van der Waals surface area contributed by atoms with Crippen molar-refractivity contribution < 1.29 is 19.1 Å². The number of carbonyl (C=O) groups is 3. The fourth-order valence-corrected chi connectivity index (χ4v) is 3.48. The molecule has 1 atom stereocenters. The number of urea groups is 1. The topological polar surface area (TPSA) is 87.7 Å². The van der Waals surface area contributed by atoms with Gasteiger partial charge in [0, 0.05) is 25.3 Å². The summed E-state index contributed by atoms with van der Waals surface area (Å²) in [6.07, 6.45) is 0.909. The number of carbonyl (C=O) groups excluding carboxylic acids is 3. The molecule has 0 bridgehead atoms. The van der Waals surface area contributed by atoms with Crippen LogP contribution >= 0.6 is 0 Å². The van der Waals surface area contributed by atoms with Gasteiger partial charge in [-0.2, -0.15) is 0 Å². The Morgan fingerprint density at radius 1 is 1.00 bits per heavy atom. The molecule has 1 fully saturated rings. The van der Waals surface area contributed by atoms with Crippen molar-refractivity contribution in [1.29, 1.82) is 0 Å². The van der Waals surface area contributed by atoms with E-state index < -0.39 is 6.10 Å². The highest BCUT2D eigenvalue weighted by Gasteiger charge is 2.30. The minimum atomic E-state index is -0.845. The molecule has 3 amide bonds. The molecule has 7 heteroatoms. The monoisotopic (exact) mass is 423 g/mol. The zero-order chi connectivity index (χ0) is 22.1. The molecule has 1 heterocycles. The first-order chi connectivity index (χ1) is 15.0. The standard InChI is InChI=1S/C24H29N3O4/c1-18(22(28)25-15-12-19-8-4-2-5-9-19)31-23(29)20-13-16-27(17-14-20)24(30)26-21-10-6-3-7-11-21/h2-11,18,20H,12-17H2,1H3,(H,25,28)(H,26,30)/t18-/m0/s1. The summed E-state index contributed by atoms with van der Waals surface area (Å²) in [5.41, 5.74) is 1.87. The highest BCUT2D eigenvalue weighted by atomic mass is 16.5. The number of rotatable bonds is 7. The molecule has 1 aliphatic rings. The number of anilines is 1. The molecule has 31 heavy (non-hydrogen) atoms. The van der Waals surface area contributed by atoms with Gasteiger partial charge in [-0.25, -0.2) is 4.79 Å². The Labute approximate surface area is 182 Å². The van der Waals surface area contributed by atoms with Crippen molar-refractivity contribution in [2.24, 2.45) is 5.92 Å². The SMILES string of the molecule is C[C@H](OC(=O)C1CCN(C(=O)Nc2ccccc2)CC1)C(=O)NCCc1ccccc1. The molecule has 164 valence electrons. The molecular formula is C24H29N3O4. The molecule has 0 unspecified atom stereocenters. The van der Waals surface area contributed by atoms with Crippen LogP contribution in [0.15, 0.2) is 60.7 Å². The van der Waals surface area contributed by atoms with E-state index in [1.54, 1.807) is 11.8 Å². The molecule has 0 aliphatic carbocycles. The van der Waals surface area contributed by atoms with Crippen LogP contribution in [0.25, 0.3) is 0 Å². The van der Waals surface area contributed by atoms with E-state index in [2.05, 4.69) is 10.6 Å². The van der Waals surface area contributed by atoms with Crippen LogP contribution in [0.5, 0.6) is 0 Å². The number of esters is 1. The minimum Gasteiger partial charge on any atom is -0.452 e. The number of hydrogen-bond donors (Lipinski definition) is 2. The smallest absolute Gasteiger partial charge is 0.321 e. The van der Waals surface area contributed by atoms with Gasteiger partial charge in [-0.05, 0) is 43.9 Å². The largest absolute Gasteiger partial charge is 0.452 e. The average molecular weight is 424 g/mol. The number of piperidine rings is 1. The summed E-state index contributed by atoms with van der Waals surface area (Å²) in [7, 11) is 0. The van der Waals surface area contributed by atoms with E-state index in [0.717, 1.165) is 17.7 Å². The normalized spacial score (nSPS) is 15.1. The summed E-state index contributed by atoms with van der Waals surface area (Å²) < 4.78 is 5.38. The molecular weight excluding hydrogens is 394 g/mol. The first-order valence-electron chi connectivity index (χ1n) is 10.7. The Hall–Kier alpha value is -3.35. The Kier molecular flexibility index (Phi) is 8.04. The van der Waals surface area contributed by atoms with Crippen molar-refractivity contribution >= 4 is 23.6 Å². The maximum atomic E-state index is 12.5. The van der Waals surface area contributed by atoms with Crippen LogP contribution in [0.4, 0.5) is 10.5 Å². The lowest BCUT2D eigenvalue weighted by molar-refractivity contribution is -0.159. The molecule has 0 spiro atoms. The molecule has 0 saturated carbocycles. The molecule has 0 radical (unpaired) electrons. The minimum absolute atomic E-state index is 0.177. The molecule has 1 aliphatic heterocycles. The molecule has 3 rings (SSSR count). The van der Waals surface area contributed by atoms with Crippen molar-refractivity contribution in [2.45, 2.75) is 32.3 Å². The van der Waals surface area contributed by atoms with Gasteiger partial charge in [0.1, 0.15) is 0 Å². The number of hydrogen-bond acceptors (Lipinski definition) is 4. The van der Waals surface area contributed by atoms with Crippen LogP contribution in [0, 0.1) is 5.92 Å². The average Bonchev–Trinajstić information content (AvgIpc) is 2.80. The summed E-state index contributed by atoms with van der Waals surface area (Å²) in [6.45, 7) is 3.00. The van der Waals surface area contributed by atoms with Gasteiger partial charge in [0.05, 0.1) is 5.92 Å². The summed E-state index contributed by atoms with van der Waals surface area (Å²) in [5, 5.41) is 5.66. The van der Waals surface area contributed by atoms with Gasteiger partial charge in [0.25, 0.3) is 5.91 Å². The quantitative estimate of drug-likeness (QED) is 0.670. The van der Waals surface area contributed by atoms with Crippen LogP contribution in [0.2, 0.25) is 0 Å². The Bertz CT molecular complexity index is 865. The lowest BCUT2D eigenvalue weighted by Crippen LogP contribution is -2.44. The first-order valence-corrected chi connectivity index (χ1v) is 10.7. The van der Waals surface area contributed by atoms with Gasteiger partial charge in [0.2, 0.25) is 0 Å². The van der Waals surface area contributed by atoms with Gasteiger partial charge < -0.3 is 20.3 Å². The van der Waals surface area contributed by atoms with Gasteiger partial charge in [-0.1, -0.05) is 48.5 Å². The second kappa shape index (κ2) is 11.2. The molecule has 2 aromatic rings. The van der Waals surface area contributed by atoms with Crippen molar-refractivity contribution in [3.63, 3.8) is 0 Å². The van der Waals surface area contributed by atoms with Crippen molar-refractivity contribution in [3.05, 3.63) is 66.2 Å². The number of nitrogens with one attached hydrogen (secondary N) is 2. The van der Waals surface area contributed by atoms with Crippen molar-refractivity contribution in [1.82, 2.24) is 10.2 Å². The fraction of sp³-hybridized carbons (Fsp3) is 0.375. The number of nitrogens with zero attached hydrogens (tertiary/aromatic N) is 1. The Morgan fingerprint density at radius 2 is 1.61 bits per heavy atom. The zero-order valence-corrected chi connectivity index (χ0v) is 17.8. The lowest BCUT2D eigenvalue weighted by Gasteiger charge is -2.31. The second-order valence-corrected chi connectivity index (χ2v) is 7.66. The van der Waals surface area contributed by atoms with Crippen LogP contribution in [0.1, 0.15) is 25.3 Å². The number of benzene rings is 2. The van der Waals surface area contributed by atoms with Crippen LogP contribution < -0.4 is 10.6 Å². The van der Waals surface area contributed by atoms with Gasteiger partial charge in [-0.15, -0.1) is 0 Å². The third kappa shape index (κ3) is 6.84. The van der Waals surface area contributed by atoms with Crippen molar-refractivity contribution in [2.75, 3.05) is 25.0 Å². The predicted octanol–water partition coefficient (Wildman–Crippen LogP) is 3.22. The highest BCUT2D eigenvalue weighted by Crippen LogP contribution is 2.20. The maximum Gasteiger partial charge on any atom is 0.321 e. The third-order valence-corrected chi connectivity index (χ3v) is 5.36. The van der Waals surface area contributed by atoms with Crippen LogP contribution in [-0.2, 0) is 20.7 Å². The molecule has 1 saturated heterocycles. The van der Waals surface area contributed by atoms with E-state index in [1.165, 1.54) is 0 Å². The van der Waals surface area contributed by atoms with Crippen LogP contribution in [0.3, 0.4) is 0 Å². The summed E-state index contributed by atoms with van der Waals surface area (Å²) in [4.78, 5) is 38.7. The predicted molar refractivity (Wildman–Crippen MR) is 118 cm³/mol. The Balaban J connectivity index is 1.36. The Morgan fingerprint density at radius 3 is 2.26 bits per heavy atom. The highest BCUT2D eigenvalue weighted by molar-refractivity contribution is 5.89. The van der Waals surface area contributed by atoms with E-state index >= 15 is 0 Å². The van der Waals surface area contributed by atoms with E-state index in [-0.39, 0.29) is 23.8 Å². The number of para-hydroxylation sites is 1. The molecule has 2 N–H and O–H groups in total. The van der Waals surface area contributed by atoms with E-state index in [4.69, 9.17) is 4.74 Å². The summed E-state index contributed by atoms with van der Waals surface area (Å²) in [5.74, 6) is -0.988. The van der Waals surface area contributed by atoms with Crippen LogP contribution in [-0.4, -0.2) is 48.5 Å². The first kappa shape index (κ1) is 22.3. The van der Waals surface area contributed by atoms with Gasteiger partial charge in [-0.3, -0.25) is 9.59 Å². The third-order valence-electron chi connectivity index (χ3n) is 5.36. The summed E-state index contributed by atoms with van der Waals surface area (Å²) in [6, 6.07) is 18.9. The zero-order valence-electron chi connectivity index (χ0n) is 17.8. The number of amides is 3.